The molecule has 1 fully saturated rings. The molecule has 0 aliphatic carbocycles. The van der Waals surface area contributed by atoms with Gasteiger partial charge in [0.25, 0.3) is 0 Å². The van der Waals surface area contributed by atoms with Crippen LogP contribution in [-0.2, 0) is 4.79 Å². The Labute approximate surface area is 121 Å². The zero-order valence-electron chi connectivity index (χ0n) is 13.2. The van der Waals surface area contributed by atoms with Crippen LogP contribution in [0.5, 0.6) is 0 Å². The number of rotatable bonds is 2. The van der Waals surface area contributed by atoms with Crippen LogP contribution in [0.2, 0.25) is 0 Å². The number of aliphatic carboxylic acids is 1. The highest BCUT2D eigenvalue weighted by atomic mass is 16.4. The fourth-order valence-corrected chi connectivity index (χ4v) is 2.54. The third kappa shape index (κ3) is 4.37. The normalized spacial score (nSPS) is 21.4. The Balaban J connectivity index is 2.90. The van der Waals surface area contributed by atoms with Gasteiger partial charge in [-0.05, 0) is 47.7 Å². The van der Waals surface area contributed by atoms with E-state index < -0.39 is 11.5 Å². The molecule has 0 saturated carbocycles. The average Bonchev–Trinajstić information content (AvgIpc) is 2.44. The van der Waals surface area contributed by atoms with E-state index in [2.05, 4.69) is 4.90 Å². The second kappa shape index (κ2) is 6.43. The second-order valence-electron chi connectivity index (χ2n) is 6.59. The highest BCUT2D eigenvalue weighted by molar-refractivity contribution is 5.81. The van der Waals surface area contributed by atoms with Crippen LogP contribution in [-0.4, -0.2) is 76.6 Å². The van der Waals surface area contributed by atoms with Gasteiger partial charge in [-0.2, -0.15) is 0 Å². The lowest BCUT2D eigenvalue weighted by molar-refractivity contribution is -0.138. The molecule has 1 saturated heterocycles. The van der Waals surface area contributed by atoms with E-state index in [4.69, 9.17) is 5.11 Å². The second-order valence-corrected chi connectivity index (χ2v) is 6.59. The van der Waals surface area contributed by atoms with E-state index >= 15 is 0 Å². The molecule has 0 bridgehead atoms. The van der Waals surface area contributed by atoms with Gasteiger partial charge in [0, 0.05) is 24.7 Å². The van der Waals surface area contributed by atoms with Crippen molar-refractivity contribution in [3.63, 3.8) is 0 Å². The van der Waals surface area contributed by atoms with Crippen molar-refractivity contribution in [2.75, 3.05) is 33.2 Å². The number of urea groups is 1. The first kappa shape index (κ1) is 16.8. The quantitative estimate of drug-likeness (QED) is 0.831. The Morgan fingerprint density at radius 3 is 2.40 bits per heavy atom. The first-order valence-corrected chi connectivity index (χ1v) is 7.11. The van der Waals surface area contributed by atoms with Crippen LogP contribution in [0.1, 0.15) is 34.1 Å². The van der Waals surface area contributed by atoms with Gasteiger partial charge in [-0.1, -0.05) is 0 Å². The van der Waals surface area contributed by atoms with E-state index in [0.717, 1.165) is 19.5 Å². The lowest BCUT2D eigenvalue weighted by atomic mass is 10.1. The molecule has 6 heteroatoms. The first-order chi connectivity index (χ1) is 9.12. The summed E-state index contributed by atoms with van der Waals surface area (Å²) in [6.45, 7) is 9.80. The minimum atomic E-state index is -0.979. The van der Waals surface area contributed by atoms with Crippen LogP contribution < -0.4 is 0 Å². The van der Waals surface area contributed by atoms with Crippen molar-refractivity contribution in [3.8, 4) is 0 Å². The Bertz CT molecular complexity index is 365. The minimum Gasteiger partial charge on any atom is -0.480 e. The standard InChI is InChI=1S/C14H27N3O3/c1-11-9-15(5)7-6-8-16(11)13(20)17(10-12(18)19)14(2,3)4/h11H,6-10H2,1-5H3,(H,18,19). The maximum atomic E-state index is 12.7. The van der Waals surface area contributed by atoms with Gasteiger partial charge in [0.05, 0.1) is 0 Å². The number of carboxylic acid groups (broad SMARTS) is 1. The molecule has 1 rings (SSSR count). The van der Waals surface area contributed by atoms with Crippen molar-refractivity contribution in [2.45, 2.75) is 45.7 Å². The Kier molecular flexibility index (Phi) is 5.39. The maximum absolute atomic E-state index is 12.7. The van der Waals surface area contributed by atoms with E-state index in [1.807, 2.05) is 34.7 Å². The molecule has 116 valence electrons. The number of likely N-dealkylation sites (N-methyl/N-ethyl adjacent to an activating group) is 1. The number of amides is 2. The third-order valence-corrected chi connectivity index (χ3v) is 3.63. The van der Waals surface area contributed by atoms with Crippen LogP contribution in [0.3, 0.4) is 0 Å². The summed E-state index contributed by atoms with van der Waals surface area (Å²) >= 11 is 0. The largest absolute Gasteiger partial charge is 0.480 e. The molecule has 0 radical (unpaired) electrons. The highest BCUT2D eigenvalue weighted by Crippen LogP contribution is 2.19. The van der Waals surface area contributed by atoms with Gasteiger partial charge in [-0.3, -0.25) is 4.79 Å². The predicted molar refractivity (Wildman–Crippen MR) is 77.8 cm³/mol. The van der Waals surface area contributed by atoms with Crippen molar-refractivity contribution in [1.29, 1.82) is 0 Å². The number of nitrogens with zero attached hydrogens (tertiary/aromatic N) is 3. The zero-order chi connectivity index (χ0) is 15.5. The van der Waals surface area contributed by atoms with Crippen LogP contribution in [0.15, 0.2) is 0 Å². The molecule has 1 unspecified atom stereocenters. The average molecular weight is 285 g/mol. The summed E-state index contributed by atoms with van der Waals surface area (Å²) in [6, 6.07) is -0.0867. The molecular formula is C14H27N3O3. The van der Waals surface area contributed by atoms with Gasteiger partial charge < -0.3 is 19.8 Å². The summed E-state index contributed by atoms with van der Waals surface area (Å²) in [4.78, 5) is 29.2. The summed E-state index contributed by atoms with van der Waals surface area (Å²) < 4.78 is 0. The Hall–Kier alpha value is -1.30. The molecule has 20 heavy (non-hydrogen) atoms. The molecule has 0 aromatic carbocycles. The van der Waals surface area contributed by atoms with Crippen LogP contribution in [0, 0.1) is 0 Å². The van der Waals surface area contributed by atoms with Gasteiger partial charge in [0.1, 0.15) is 6.54 Å². The van der Waals surface area contributed by atoms with Crippen molar-refractivity contribution in [2.24, 2.45) is 0 Å². The fraction of sp³-hybridized carbons (Fsp3) is 0.857. The molecule has 1 aliphatic heterocycles. The van der Waals surface area contributed by atoms with Crippen LogP contribution >= 0.6 is 0 Å². The summed E-state index contributed by atoms with van der Waals surface area (Å²) in [5, 5.41) is 9.04. The molecule has 0 aromatic rings. The molecule has 2 amide bonds. The molecule has 0 spiro atoms. The van der Waals surface area contributed by atoms with Gasteiger partial charge in [0.2, 0.25) is 0 Å². The number of hydrogen-bond donors (Lipinski definition) is 1. The van der Waals surface area contributed by atoms with Crippen LogP contribution in [0.4, 0.5) is 4.79 Å². The Morgan fingerprint density at radius 1 is 1.30 bits per heavy atom. The van der Waals surface area contributed by atoms with Crippen molar-refractivity contribution >= 4 is 12.0 Å². The van der Waals surface area contributed by atoms with Gasteiger partial charge in [-0.15, -0.1) is 0 Å². The highest BCUT2D eigenvalue weighted by Gasteiger charge is 2.34. The summed E-state index contributed by atoms with van der Waals surface area (Å²) in [7, 11) is 2.04. The summed E-state index contributed by atoms with van der Waals surface area (Å²) in [5.74, 6) is -0.979. The van der Waals surface area contributed by atoms with Crippen molar-refractivity contribution in [1.82, 2.24) is 14.7 Å². The lowest BCUT2D eigenvalue weighted by Crippen LogP contribution is -2.56. The molecule has 1 aliphatic rings. The fourth-order valence-electron chi connectivity index (χ4n) is 2.54. The Morgan fingerprint density at radius 2 is 1.90 bits per heavy atom. The SMILES string of the molecule is CC1CN(C)CCCN1C(=O)N(CC(=O)O)C(C)(C)C. The van der Waals surface area contributed by atoms with E-state index in [9.17, 15) is 9.59 Å². The number of carboxylic acids is 1. The molecule has 0 aromatic heterocycles. The summed E-state index contributed by atoms with van der Waals surface area (Å²) in [5.41, 5.74) is -0.507. The smallest absolute Gasteiger partial charge is 0.323 e. The monoisotopic (exact) mass is 285 g/mol. The van der Waals surface area contributed by atoms with Crippen LogP contribution in [0.25, 0.3) is 0 Å². The van der Waals surface area contributed by atoms with E-state index in [0.29, 0.717) is 6.54 Å². The third-order valence-electron chi connectivity index (χ3n) is 3.63. The van der Waals surface area contributed by atoms with E-state index in [1.54, 1.807) is 4.90 Å². The zero-order valence-corrected chi connectivity index (χ0v) is 13.2. The molecule has 6 nitrogen and oxygen atoms in total. The number of hydrogen-bond acceptors (Lipinski definition) is 3. The molecule has 1 N–H and O–H groups in total. The van der Waals surface area contributed by atoms with Crippen molar-refractivity contribution < 1.29 is 14.7 Å². The lowest BCUT2D eigenvalue weighted by Gasteiger charge is -2.40. The van der Waals surface area contributed by atoms with E-state index in [1.165, 1.54) is 4.90 Å². The van der Waals surface area contributed by atoms with Gasteiger partial charge >= 0.3 is 12.0 Å². The predicted octanol–water partition coefficient (Wildman–Crippen LogP) is 1.32. The molecular weight excluding hydrogens is 258 g/mol. The topological polar surface area (TPSA) is 64.1 Å². The first-order valence-electron chi connectivity index (χ1n) is 7.11. The summed E-state index contributed by atoms with van der Waals surface area (Å²) in [6.07, 6.45) is 0.914. The number of carbonyl (C=O) groups is 2. The van der Waals surface area contributed by atoms with Gasteiger partial charge in [-0.25, -0.2) is 4.79 Å². The molecule has 1 heterocycles. The maximum Gasteiger partial charge on any atom is 0.323 e. The van der Waals surface area contributed by atoms with Crippen molar-refractivity contribution in [3.05, 3.63) is 0 Å². The number of carbonyl (C=O) groups excluding carboxylic acids is 1. The minimum absolute atomic E-state index is 0.0913. The van der Waals surface area contributed by atoms with E-state index in [-0.39, 0.29) is 18.6 Å². The van der Waals surface area contributed by atoms with Gasteiger partial charge in [0.15, 0.2) is 0 Å². The molecule has 1 atom stereocenters.